The summed E-state index contributed by atoms with van der Waals surface area (Å²) in [4.78, 5) is 38.1. The number of nitrogens with zero attached hydrogens (tertiary/aromatic N) is 4. The SMILES string of the molecule is C[C@@H]1CN([C@H](C)CO)C(=O)c2cc(-c3cccnc3)cnc2O[C@H]1CN(C)C(=O)c1ccccc1F. The molecule has 1 aliphatic heterocycles. The third-order valence-corrected chi connectivity index (χ3v) is 6.42. The molecule has 0 radical (unpaired) electrons. The van der Waals surface area contributed by atoms with Gasteiger partial charge in [0.25, 0.3) is 11.8 Å². The number of hydrogen-bond donors (Lipinski definition) is 1. The van der Waals surface area contributed by atoms with Crippen LogP contribution in [0.5, 0.6) is 5.88 Å². The van der Waals surface area contributed by atoms with E-state index < -0.39 is 23.9 Å². The lowest BCUT2D eigenvalue weighted by atomic mass is 9.99. The highest BCUT2D eigenvalue weighted by Gasteiger charge is 2.35. The van der Waals surface area contributed by atoms with E-state index in [9.17, 15) is 19.1 Å². The molecule has 9 heteroatoms. The molecule has 0 unspecified atom stereocenters. The molecule has 3 aromatic rings. The molecule has 1 aromatic carbocycles. The maximum Gasteiger partial charge on any atom is 0.259 e. The van der Waals surface area contributed by atoms with E-state index in [-0.39, 0.29) is 42.0 Å². The van der Waals surface area contributed by atoms with Gasteiger partial charge >= 0.3 is 0 Å². The number of hydrogen-bond acceptors (Lipinski definition) is 6. The van der Waals surface area contributed by atoms with Gasteiger partial charge in [-0.2, -0.15) is 0 Å². The van der Waals surface area contributed by atoms with E-state index in [1.807, 2.05) is 13.0 Å². The van der Waals surface area contributed by atoms with E-state index in [1.54, 1.807) is 55.7 Å². The Balaban J connectivity index is 1.68. The average Bonchev–Trinajstić information content (AvgIpc) is 2.90. The average molecular weight is 493 g/mol. The Morgan fingerprint density at radius 3 is 2.72 bits per heavy atom. The first kappa shape index (κ1) is 25.2. The Kier molecular flexibility index (Phi) is 7.59. The maximum atomic E-state index is 14.2. The van der Waals surface area contributed by atoms with Crippen molar-refractivity contribution >= 4 is 11.8 Å². The van der Waals surface area contributed by atoms with Gasteiger partial charge in [0.05, 0.1) is 24.8 Å². The lowest BCUT2D eigenvalue weighted by Crippen LogP contribution is -2.50. The van der Waals surface area contributed by atoms with Crippen LogP contribution in [-0.4, -0.2) is 75.6 Å². The molecule has 2 aromatic heterocycles. The van der Waals surface area contributed by atoms with Gasteiger partial charge in [-0.15, -0.1) is 0 Å². The van der Waals surface area contributed by atoms with Gasteiger partial charge in [-0.3, -0.25) is 14.6 Å². The fourth-order valence-electron chi connectivity index (χ4n) is 4.20. The Hall–Kier alpha value is -3.85. The Bertz CT molecular complexity index is 1240. The van der Waals surface area contributed by atoms with Crippen molar-refractivity contribution in [1.82, 2.24) is 19.8 Å². The summed E-state index contributed by atoms with van der Waals surface area (Å²) in [5.74, 6) is -1.43. The van der Waals surface area contributed by atoms with Crippen LogP contribution in [0.15, 0.2) is 61.1 Å². The minimum atomic E-state index is -0.593. The fraction of sp³-hybridized carbons (Fsp3) is 0.333. The van der Waals surface area contributed by atoms with Gasteiger partial charge in [0.15, 0.2) is 0 Å². The van der Waals surface area contributed by atoms with E-state index in [0.717, 1.165) is 5.56 Å². The zero-order chi connectivity index (χ0) is 25.8. The second-order valence-corrected chi connectivity index (χ2v) is 9.11. The lowest BCUT2D eigenvalue weighted by molar-refractivity contribution is 0.0312. The Labute approximate surface area is 209 Å². The van der Waals surface area contributed by atoms with Crippen molar-refractivity contribution in [2.45, 2.75) is 26.0 Å². The largest absolute Gasteiger partial charge is 0.472 e. The molecule has 0 bridgehead atoms. The number of likely N-dealkylation sites (N-methyl/N-ethyl adjacent to an activating group) is 1. The molecular formula is C27H29FN4O4. The number of halogens is 1. The van der Waals surface area contributed by atoms with E-state index >= 15 is 0 Å². The standard InChI is InChI=1S/C27H29FN4O4/c1-17-14-32(18(2)16-33)27(35)22-11-20(19-7-6-10-29-12-19)13-30-25(22)36-24(17)15-31(3)26(34)21-8-4-5-9-23(21)28/h4-13,17-18,24,33H,14-16H2,1-3H3/t17-,18-,24+/m1/s1. The second kappa shape index (κ2) is 10.8. The van der Waals surface area contributed by atoms with Crippen LogP contribution in [0.1, 0.15) is 34.6 Å². The van der Waals surface area contributed by atoms with E-state index in [0.29, 0.717) is 12.1 Å². The number of benzene rings is 1. The van der Waals surface area contributed by atoms with E-state index in [4.69, 9.17) is 4.74 Å². The van der Waals surface area contributed by atoms with Crippen molar-refractivity contribution < 1.29 is 23.8 Å². The molecular weight excluding hydrogens is 463 g/mol. The molecule has 36 heavy (non-hydrogen) atoms. The minimum Gasteiger partial charge on any atom is -0.472 e. The first-order valence-electron chi connectivity index (χ1n) is 11.8. The van der Waals surface area contributed by atoms with Gasteiger partial charge in [0, 0.05) is 49.2 Å². The van der Waals surface area contributed by atoms with Crippen molar-refractivity contribution in [2.24, 2.45) is 5.92 Å². The summed E-state index contributed by atoms with van der Waals surface area (Å²) in [5.41, 5.74) is 1.73. The van der Waals surface area contributed by atoms with Gasteiger partial charge in [-0.1, -0.05) is 25.1 Å². The predicted octanol–water partition coefficient (Wildman–Crippen LogP) is 3.28. The highest BCUT2D eigenvalue weighted by Crippen LogP contribution is 2.30. The van der Waals surface area contributed by atoms with Gasteiger partial charge < -0.3 is 19.6 Å². The number of amides is 2. The van der Waals surface area contributed by atoms with Gasteiger partial charge in [-0.25, -0.2) is 9.37 Å². The molecule has 4 rings (SSSR count). The second-order valence-electron chi connectivity index (χ2n) is 9.11. The Morgan fingerprint density at radius 1 is 1.25 bits per heavy atom. The summed E-state index contributed by atoms with van der Waals surface area (Å²) in [5, 5.41) is 9.83. The summed E-state index contributed by atoms with van der Waals surface area (Å²) >= 11 is 0. The van der Waals surface area contributed by atoms with Crippen LogP contribution in [0.4, 0.5) is 4.39 Å². The normalized spacial score (nSPS) is 18.5. The molecule has 0 fully saturated rings. The number of pyridine rings is 2. The summed E-state index contributed by atoms with van der Waals surface area (Å²) in [6, 6.07) is 10.8. The van der Waals surface area contributed by atoms with Crippen molar-refractivity contribution in [3.8, 4) is 17.0 Å². The zero-order valence-corrected chi connectivity index (χ0v) is 20.5. The number of carbonyl (C=O) groups is 2. The van der Waals surface area contributed by atoms with Crippen molar-refractivity contribution in [3.63, 3.8) is 0 Å². The third-order valence-electron chi connectivity index (χ3n) is 6.42. The highest BCUT2D eigenvalue weighted by atomic mass is 19.1. The lowest BCUT2D eigenvalue weighted by Gasteiger charge is -2.37. The van der Waals surface area contributed by atoms with Gasteiger partial charge in [0.2, 0.25) is 5.88 Å². The summed E-state index contributed by atoms with van der Waals surface area (Å²) in [7, 11) is 1.59. The van der Waals surface area contributed by atoms with Crippen molar-refractivity contribution in [2.75, 3.05) is 26.7 Å². The molecule has 0 saturated carbocycles. The number of carbonyl (C=O) groups excluding carboxylic acids is 2. The first-order valence-corrected chi connectivity index (χ1v) is 11.8. The molecule has 0 saturated heterocycles. The Morgan fingerprint density at radius 2 is 2.03 bits per heavy atom. The number of rotatable bonds is 6. The molecule has 0 spiro atoms. The summed E-state index contributed by atoms with van der Waals surface area (Å²) in [6.07, 6.45) is 4.41. The smallest absolute Gasteiger partial charge is 0.259 e. The highest BCUT2D eigenvalue weighted by molar-refractivity contribution is 5.98. The number of aromatic nitrogens is 2. The van der Waals surface area contributed by atoms with Crippen molar-refractivity contribution in [1.29, 1.82) is 0 Å². The number of ether oxygens (including phenoxy) is 1. The van der Waals surface area contributed by atoms with Crippen LogP contribution >= 0.6 is 0 Å². The van der Waals surface area contributed by atoms with Crippen LogP contribution < -0.4 is 4.74 Å². The molecule has 8 nitrogen and oxygen atoms in total. The van der Waals surface area contributed by atoms with Crippen molar-refractivity contribution in [3.05, 3.63) is 78.0 Å². The molecule has 1 N–H and O–H groups in total. The first-order chi connectivity index (χ1) is 17.3. The monoisotopic (exact) mass is 492 g/mol. The summed E-state index contributed by atoms with van der Waals surface area (Å²) in [6.45, 7) is 3.92. The fourth-order valence-corrected chi connectivity index (χ4v) is 4.20. The van der Waals surface area contributed by atoms with Gasteiger partial charge in [0.1, 0.15) is 17.5 Å². The molecule has 1 aliphatic rings. The molecule has 3 heterocycles. The molecule has 3 atom stereocenters. The maximum absolute atomic E-state index is 14.2. The van der Waals surface area contributed by atoms with Crippen LogP contribution in [0, 0.1) is 11.7 Å². The van der Waals surface area contributed by atoms with Crippen LogP contribution in [-0.2, 0) is 0 Å². The van der Waals surface area contributed by atoms with Crippen LogP contribution in [0.3, 0.4) is 0 Å². The quantitative estimate of drug-likeness (QED) is 0.568. The topological polar surface area (TPSA) is 95.9 Å². The predicted molar refractivity (Wildman–Crippen MR) is 132 cm³/mol. The zero-order valence-electron chi connectivity index (χ0n) is 20.5. The van der Waals surface area contributed by atoms with Crippen LogP contribution in [0.2, 0.25) is 0 Å². The van der Waals surface area contributed by atoms with Crippen LogP contribution in [0.25, 0.3) is 11.1 Å². The van der Waals surface area contributed by atoms with Gasteiger partial charge in [-0.05, 0) is 31.2 Å². The molecule has 0 aliphatic carbocycles. The number of aliphatic hydroxyl groups is 1. The number of fused-ring (bicyclic) bond motifs is 1. The van der Waals surface area contributed by atoms with E-state index in [1.165, 1.54) is 23.1 Å². The minimum absolute atomic E-state index is 0.0242. The molecule has 188 valence electrons. The van der Waals surface area contributed by atoms with E-state index in [2.05, 4.69) is 9.97 Å². The molecule has 2 amide bonds. The third kappa shape index (κ3) is 5.21. The summed E-state index contributed by atoms with van der Waals surface area (Å²) < 4.78 is 20.4. The number of aliphatic hydroxyl groups excluding tert-OH is 1.